The number of halogens is 1. The van der Waals surface area contributed by atoms with Crippen molar-refractivity contribution in [3.63, 3.8) is 0 Å². The van der Waals surface area contributed by atoms with E-state index in [1.165, 1.54) is 0 Å². The Labute approximate surface area is 120 Å². The fourth-order valence-electron chi connectivity index (χ4n) is 2.42. The molecule has 0 aliphatic carbocycles. The first-order chi connectivity index (χ1) is 9.11. The molecule has 2 heterocycles. The van der Waals surface area contributed by atoms with Gasteiger partial charge in [-0.1, -0.05) is 11.6 Å². The fraction of sp³-hybridized carbons (Fsp3) is 0.692. The molecule has 0 radical (unpaired) electrons. The third kappa shape index (κ3) is 3.48. The Hall–Kier alpha value is -1.07. The molecule has 0 aromatic carbocycles. The summed E-state index contributed by atoms with van der Waals surface area (Å²) in [6.07, 6.45) is 3.97. The lowest BCUT2D eigenvalue weighted by Gasteiger charge is -2.36. The van der Waals surface area contributed by atoms with E-state index in [0.29, 0.717) is 17.0 Å². The van der Waals surface area contributed by atoms with Gasteiger partial charge in [0.05, 0.1) is 6.20 Å². The zero-order valence-corrected chi connectivity index (χ0v) is 12.6. The van der Waals surface area contributed by atoms with Crippen LogP contribution in [0.15, 0.2) is 6.20 Å². The molecule has 1 aromatic rings. The quantitative estimate of drug-likeness (QED) is 0.917. The Bertz CT molecular complexity index is 415. The van der Waals surface area contributed by atoms with E-state index in [2.05, 4.69) is 39.2 Å². The van der Waals surface area contributed by atoms with E-state index in [1.807, 2.05) is 6.92 Å². The summed E-state index contributed by atoms with van der Waals surface area (Å²) >= 11 is 6.22. The summed E-state index contributed by atoms with van der Waals surface area (Å²) in [6, 6.07) is 0.657. The Morgan fingerprint density at radius 2 is 2.11 bits per heavy atom. The molecule has 0 bridgehead atoms. The smallest absolute Gasteiger partial charge is 0.224 e. The maximum absolute atomic E-state index is 6.22. The highest BCUT2D eigenvalue weighted by Crippen LogP contribution is 2.27. The molecule has 106 valence electrons. The van der Waals surface area contributed by atoms with Crippen LogP contribution < -0.4 is 10.2 Å². The van der Waals surface area contributed by atoms with Gasteiger partial charge in [0, 0.05) is 25.7 Å². The first-order valence-corrected chi connectivity index (χ1v) is 7.17. The number of nitrogens with zero attached hydrogens (tertiary/aromatic N) is 4. The Kier molecular flexibility index (Phi) is 4.82. The van der Waals surface area contributed by atoms with E-state index < -0.39 is 0 Å². The van der Waals surface area contributed by atoms with Gasteiger partial charge >= 0.3 is 0 Å². The lowest BCUT2D eigenvalue weighted by Crippen LogP contribution is -2.42. The van der Waals surface area contributed by atoms with Crippen molar-refractivity contribution in [1.82, 2.24) is 14.9 Å². The Morgan fingerprint density at radius 3 is 2.68 bits per heavy atom. The van der Waals surface area contributed by atoms with E-state index in [-0.39, 0.29) is 0 Å². The normalized spacial score (nSPS) is 17.0. The average Bonchev–Trinajstić information content (AvgIpc) is 2.41. The Balaban J connectivity index is 2.08. The van der Waals surface area contributed by atoms with Crippen LogP contribution in [0.25, 0.3) is 0 Å². The standard InChI is InChI=1S/C13H22ClN5/c1-4-15-13-16-9-11(14)12(17-13)19-7-5-10(6-8-19)18(2)3/h9-10H,4-8H2,1-3H3,(H,15,16,17). The van der Waals surface area contributed by atoms with Gasteiger partial charge in [-0.25, -0.2) is 4.98 Å². The number of nitrogens with one attached hydrogen (secondary N) is 1. The first-order valence-electron chi connectivity index (χ1n) is 6.79. The summed E-state index contributed by atoms with van der Waals surface area (Å²) in [5.41, 5.74) is 0. The van der Waals surface area contributed by atoms with Crippen LogP contribution in [0.3, 0.4) is 0 Å². The second-order valence-corrected chi connectivity index (χ2v) is 5.48. The molecular formula is C13H22ClN5. The SMILES string of the molecule is CCNc1ncc(Cl)c(N2CCC(N(C)C)CC2)n1. The summed E-state index contributed by atoms with van der Waals surface area (Å²) < 4.78 is 0. The molecule has 0 amide bonds. The zero-order valence-electron chi connectivity index (χ0n) is 11.9. The first kappa shape index (κ1) is 14.3. The average molecular weight is 284 g/mol. The van der Waals surface area contributed by atoms with Gasteiger partial charge in [-0.3, -0.25) is 0 Å². The number of piperidine rings is 1. The molecule has 5 nitrogen and oxygen atoms in total. The van der Waals surface area contributed by atoms with Crippen molar-refractivity contribution in [1.29, 1.82) is 0 Å². The van der Waals surface area contributed by atoms with Crippen molar-refractivity contribution in [2.24, 2.45) is 0 Å². The monoisotopic (exact) mass is 283 g/mol. The molecule has 6 heteroatoms. The lowest BCUT2D eigenvalue weighted by atomic mass is 10.0. The van der Waals surface area contributed by atoms with Crippen molar-refractivity contribution in [2.45, 2.75) is 25.8 Å². The summed E-state index contributed by atoms with van der Waals surface area (Å²) in [7, 11) is 4.28. The molecule has 1 fully saturated rings. The highest BCUT2D eigenvalue weighted by molar-refractivity contribution is 6.32. The predicted molar refractivity (Wildman–Crippen MR) is 80.1 cm³/mol. The topological polar surface area (TPSA) is 44.3 Å². The maximum Gasteiger partial charge on any atom is 0.224 e. The van der Waals surface area contributed by atoms with Gasteiger partial charge in [0.15, 0.2) is 5.82 Å². The fourth-order valence-corrected chi connectivity index (χ4v) is 2.63. The predicted octanol–water partition coefficient (Wildman–Crippen LogP) is 2.09. The summed E-state index contributed by atoms with van der Waals surface area (Å²) in [5, 5.41) is 3.76. The molecule has 2 rings (SSSR count). The van der Waals surface area contributed by atoms with Gasteiger partial charge in [-0.15, -0.1) is 0 Å². The highest BCUT2D eigenvalue weighted by atomic mass is 35.5. The van der Waals surface area contributed by atoms with Crippen molar-refractivity contribution in [3.8, 4) is 0 Å². The maximum atomic E-state index is 6.22. The molecule has 1 aliphatic rings. The third-order valence-corrected chi connectivity index (χ3v) is 3.82. The van der Waals surface area contributed by atoms with E-state index >= 15 is 0 Å². The minimum absolute atomic E-state index is 0.630. The number of hydrogen-bond acceptors (Lipinski definition) is 5. The molecule has 1 aliphatic heterocycles. The van der Waals surface area contributed by atoms with E-state index in [4.69, 9.17) is 11.6 Å². The minimum atomic E-state index is 0.630. The Morgan fingerprint density at radius 1 is 1.42 bits per heavy atom. The third-order valence-electron chi connectivity index (χ3n) is 3.55. The molecule has 0 atom stereocenters. The van der Waals surface area contributed by atoms with Crippen LogP contribution in [-0.2, 0) is 0 Å². The highest BCUT2D eigenvalue weighted by Gasteiger charge is 2.23. The number of aromatic nitrogens is 2. The van der Waals surface area contributed by atoms with Crippen LogP contribution in [0.5, 0.6) is 0 Å². The van der Waals surface area contributed by atoms with Gasteiger partial charge in [0.25, 0.3) is 0 Å². The molecule has 0 saturated carbocycles. The van der Waals surface area contributed by atoms with E-state index in [9.17, 15) is 0 Å². The van der Waals surface area contributed by atoms with Crippen LogP contribution in [0.2, 0.25) is 5.02 Å². The number of rotatable bonds is 4. The van der Waals surface area contributed by atoms with Crippen LogP contribution >= 0.6 is 11.6 Å². The second kappa shape index (κ2) is 6.39. The van der Waals surface area contributed by atoms with Crippen molar-refractivity contribution in [2.75, 3.05) is 43.9 Å². The van der Waals surface area contributed by atoms with Crippen molar-refractivity contribution < 1.29 is 0 Å². The largest absolute Gasteiger partial charge is 0.355 e. The molecule has 1 aromatic heterocycles. The van der Waals surface area contributed by atoms with Crippen molar-refractivity contribution in [3.05, 3.63) is 11.2 Å². The van der Waals surface area contributed by atoms with Crippen LogP contribution in [-0.4, -0.2) is 54.6 Å². The van der Waals surface area contributed by atoms with Crippen molar-refractivity contribution >= 4 is 23.4 Å². The summed E-state index contributed by atoms with van der Waals surface area (Å²) in [6.45, 7) is 4.82. The molecular weight excluding hydrogens is 262 g/mol. The van der Waals surface area contributed by atoms with E-state index in [0.717, 1.165) is 38.3 Å². The van der Waals surface area contributed by atoms with Gasteiger partial charge in [-0.05, 0) is 33.9 Å². The van der Waals surface area contributed by atoms with Crippen LogP contribution in [0, 0.1) is 0 Å². The van der Waals surface area contributed by atoms with Gasteiger partial charge in [0.2, 0.25) is 5.95 Å². The zero-order chi connectivity index (χ0) is 13.8. The van der Waals surface area contributed by atoms with Gasteiger partial charge in [0.1, 0.15) is 5.02 Å². The van der Waals surface area contributed by atoms with E-state index in [1.54, 1.807) is 6.20 Å². The summed E-state index contributed by atoms with van der Waals surface area (Å²) in [4.78, 5) is 13.2. The minimum Gasteiger partial charge on any atom is -0.355 e. The molecule has 1 saturated heterocycles. The number of hydrogen-bond donors (Lipinski definition) is 1. The van der Waals surface area contributed by atoms with Crippen LogP contribution in [0.4, 0.5) is 11.8 Å². The number of anilines is 2. The molecule has 19 heavy (non-hydrogen) atoms. The molecule has 0 unspecified atom stereocenters. The van der Waals surface area contributed by atoms with Gasteiger partial charge in [-0.2, -0.15) is 4.98 Å². The summed E-state index contributed by atoms with van der Waals surface area (Å²) in [5.74, 6) is 1.50. The lowest BCUT2D eigenvalue weighted by molar-refractivity contribution is 0.249. The van der Waals surface area contributed by atoms with Gasteiger partial charge < -0.3 is 15.1 Å². The second-order valence-electron chi connectivity index (χ2n) is 5.08. The molecule has 1 N–H and O–H groups in total. The molecule has 0 spiro atoms. The van der Waals surface area contributed by atoms with Crippen LogP contribution in [0.1, 0.15) is 19.8 Å².